The predicted molar refractivity (Wildman–Crippen MR) is 73.1 cm³/mol. The van der Waals surface area contributed by atoms with Crippen LogP contribution in [-0.4, -0.2) is 24.2 Å². The molecule has 0 fully saturated rings. The van der Waals surface area contributed by atoms with Crippen molar-refractivity contribution in [3.8, 4) is 0 Å². The van der Waals surface area contributed by atoms with Gasteiger partial charge in [0.05, 0.1) is 6.21 Å². The van der Waals surface area contributed by atoms with Crippen molar-refractivity contribution in [3.05, 3.63) is 34.9 Å². The third-order valence-corrected chi connectivity index (χ3v) is 2.63. The Balaban J connectivity index is 2.45. The molecule has 1 rings (SSSR count). The molecule has 98 valence electrons. The molecule has 18 heavy (non-hydrogen) atoms. The summed E-state index contributed by atoms with van der Waals surface area (Å²) in [7, 11) is 0. The van der Waals surface area contributed by atoms with Crippen molar-refractivity contribution in [3.63, 3.8) is 0 Å². The van der Waals surface area contributed by atoms with E-state index in [1.54, 1.807) is 12.1 Å². The van der Waals surface area contributed by atoms with E-state index in [9.17, 15) is 4.79 Å². The first kappa shape index (κ1) is 14.8. The summed E-state index contributed by atoms with van der Waals surface area (Å²) in [5, 5.41) is 6.77. The van der Waals surface area contributed by atoms with Gasteiger partial charge in [0.2, 0.25) is 0 Å². The molecule has 0 aromatic heterocycles. The lowest BCUT2D eigenvalue weighted by molar-refractivity contribution is -0.127. The molecule has 0 aliphatic heterocycles. The molecule has 1 aromatic rings. The van der Waals surface area contributed by atoms with E-state index in [1.165, 1.54) is 6.21 Å². The van der Waals surface area contributed by atoms with Crippen LogP contribution in [0.3, 0.4) is 0 Å². The van der Waals surface area contributed by atoms with Crippen LogP contribution >= 0.6 is 23.2 Å². The summed E-state index contributed by atoms with van der Waals surface area (Å²) in [5.74, 6) is -0.408. The minimum Gasteiger partial charge on any atom is -0.366 e. The lowest BCUT2D eigenvalue weighted by Crippen LogP contribution is -2.32. The number of nitrogens with one attached hydrogen (secondary N) is 1. The lowest BCUT2D eigenvalue weighted by Gasteiger charge is -2.07. The van der Waals surface area contributed by atoms with Crippen LogP contribution in [0.15, 0.2) is 29.4 Å². The first-order chi connectivity index (χ1) is 8.65. The number of alkyl halides is 1. The van der Waals surface area contributed by atoms with Crippen molar-refractivity contribution in [2.24, 2.45) is 5.16 Å². The number of benzene rings is 1. The topological polar surface area (TPSA) is 50.7 Å². The molecule has 1 N–H and O–H groups in total. The average molecular weight is 289 g/mol. The molecule has 1 unspecified atom stereocenters. The van der Waals surface area contributed by atoms with Gasteiger partial charge in [0, 0.05) is 17.1 Å². The van der Waals surface area contributed by atoms with Gasteiger partial charge in [0.25, 0.3) is 11.5 Å². The highest BCUT2D eigenvalue weighted by Gasteiger charge is 2.15. The molecule has 1 amide bonds. The van der Waals surface area contributed by atoms with E-state index < -0.39 is 11.5 Å². The van der Waals surface area contributed by atoms with Gasteiger partial charge in [-0.05, 0) is 12.5 Å². The van der Waals surface area contributed by atoms with E-state index in [2.05, 4.69) is 10.5 Å². The molecular weight excluding hydrogens is 275 g/mol. The second-order valence-electron chi connectivity index (χ2n) is 3.47. The van der Waals surface area contributed by atoms with Crippen molar-refractivity contribution in [1.29, 1.82) is 0 Å². The number of oxime groups is 1. The van der Waals surface area contributed by atoms with Crippen molar-refractivity contribution in [2.45, 2.75) is 18.9 Å². The number of halogens is 2. The molecule has 1 atom stereocenters. The average Bonchev–Trinajstić information content (AvgIpc) is 2.38. The second-order valence-corrected chi connectivity index (χ2v) is 4.27. The van der Waals surface area contributed by atoms with Crippen LogP contribution in [0.1, 0.15) is 18.9 Å². The third kappa shape index (κ3) is 4.94. The fraction of sp³-hybridized carbons (Fsp3) is 0.333. The van der Waals surface area contributed by atoms with Crippen molar-refractivity contribution < 1.29 is 9.63 Å². The predicted octanol–water partition coefficient (Wildman–Crippen LogP) is 2.78. The normalized spacial score (nSPS) is 12.4. The van der Waals surface area contributed by atoms with E-state index in [1.807, 2.05) is 19.1 Å². The Hall–Kier alpha value is -1.26. The first-order valence-corrected chi connectivity index (χ1v) is 6.32. The Kier molecular flexibility index (Phi) is 6.54. The largest absolute Gasteiger partial charge is 0.366 e. The molecule has 0 radical (unpaired) electrons. The summed E-state index contributed by atoms with van der Waals surface area (Å²) < 4.78 is 0. The van der Waals surface area contributed by atoms with Crippen molar-refractivity contribution >= 4 is 35.3 Å². The van der Waals surface area contributed by atoms with E-state index in [0.717, 1.165) is 6.42 Å². The van der Waals surface area contributed by atoms with Crippen LogP contribution in [-0.2, 0) is 9.63 Å². The highest BCUT2D eigenvalue weighted by atomic mass is 35.5. The molecule has 0 spiro atoms. The molecular formula is C12H14Cl2N2O2. The number of rotatable bonds is 6. The number of hydrogen-bond acceptors (Lipinski definition) is 3. The van der Waals surface area contributed by atoms with E-state index in [-0.39, 0.29) is 0 Å². The van der Waals surface area contributed by atoms with Gasteiger partial charge in [0.1, 0.15) is 0 Å². The Morgan fingerprint density at radius 3 is 2.94 bits per heavy atom. The van der Waals surface area contributed by atoms with Crippen LogP contribution in [0.25, 0.3) is 0 Å². The fourth-order valence-corrected chi connectivity index (χ4v) is 1.40. The maximum atomic E-state index is 11.3. The zero-order valence-electron chi connectivity index (χ0n) is 9.90. The maximum Gasteiger partial charge on any atom is 0.279 e. The molecule has 6 heteroatoms. The number of carbonyl (C=O) groups excluding carboxylic acids is 1. The van der Waals surface area contributed by atoms with Crippen molar-refractivity contribution in [1.82, 2.24) is 5.32 Å². The molecule has 0 heterocycles. The second kappa shape index (κ2) is 7.95. The SMILES string of the molecule is CCCNC(=O)C(Cl)ON=Cc1ccccc1Cl. The molecule has 0 saturated carbocycles. The van der Waals surface area contributed by atoms with Gasteiger partial charge in [0.15, 0.2) is 0 Å². The molecule has 4 nitrogen and oxygen atoms in total. The number of carbonyl (C=O) groups is 1. The summed E-state index contributed by atoms with van der Waals surface area (Å²) in [5.41, 5.74) is -0.452. The van der Waals surface area contributed by atoms with Crippen LogP contribution < -0.4 is 5.32 Å². The van der Waals surface area contributed by atoms with Crippen molar-refractivity contribution in [2.75, 3.05) is 6.54 Å². The summed E-state index contributed by atoms with van der Waals surface area (Å²) in [4.78, 5) is 16.2. The lowest BCUT2D eigenvalue weighted by atomic mass is 10.2. The molecule has 0 aliphatic carbocycles. The summed E-state index contributed by atoms with van der Waals surface area (Å²) in [6.07, 6.45) is 2.24. The molecule has 0 bridgehead atoms. The van der Waals surface area contributed by atoms with Gasteiger partial charge in [-0.3, -0.25) is 4.79 Å². The smallest absolute Gasteiger partial charge is 0.279 e. The minimum absolute atomic E-state index is 0.408. The standard InChI is InChI=1S/C12H14Cl2N2O2/c1-2-7-15-12(17)11(14)18-16-8-9-5-3-4-6-10(9)13/h3-6,8,11H,2,7H2,1H3,(H,15,17). The third-order valence-electron chi connectivity index (χ3n) is 2.01. The first-order valence-electron chi connectivity index (χ1n) is 5.50. The highest BCUT2D eigenvalue weighted by Crippen LogP contribution is 2.12. The van der Waals surface area contributed by atoms with Gasteiger partial charge in [-0.25, -0.2) is 0 Å². The highest BCUT2D eigenvalue weighted by molar-refractivity contribution is 6.33. The quantitative estimate of drug-likeness (QED) is 0.497. The number of hydrogen-bond donors (Lipinski definition) is 1. The molecule has 1 aromatic carbocycles. The fourth-order valence-electron chi connectivity index (χ4n) is 1.10. The molecule has 0 saturated heterocycles. The van der Waals surface area contributed by atoms with Crippen LogP contribution in [0.4, 0.5) is 0 Å². The van der Waals surface area contributed by atoms with Crippen LogP contribution in [0, 0.1) is 0 Å². The van der Waals surface area contributed by atoms with E-state index in [4.69, 9.17) is 28.0 Å². The summed E-state index contributed by atoms with van der Waals surface area (Å²) in [6.45, 7) is 2.50. The number of amides is 1. The minimum atomic E-state index is -1.14. The van der Waals surface area contributed by atoms with E-state index in [0.29, 0.717) is 17.1 Å². The molecule has 0 aliphatic rings. The van der Waals surface area contributed by atoms with E-state index >= 15 is 0 Å². The van der Waals surface area contributed by atoms with Gasteiger partial charge in [-0.1, -0.05) is 53.5 Å². The Morgan fingerprint density at radius 1 is 1.56 bits per heavy atom. The van der Waals surface area contributed by atoms with Gasteiger partial charge in [-0.15, -0.1) is 0 Å². The summed E-state index contributed by atoms with van der Waals surface area (Å²) in [6, 6.07) is 7.13. The Labute approximate surface area is 116 Å². The maximum absolute atomic E-state index is 11.3. The summed E-state index contributed by atoms with van der Waals surface area (Å²) >= 11 is 11.6. The zero-order valence-corrected chi connectivity index (χ0v) is 11.4. The Morgan fingerprint density at radius 2 is 2.28 bits per heavy atom. The van der Waals surface area contributed by atoms with Crippen LogP contribution in [0.2, 0.25) is 5.02 Å². The van der Waals surface area contributed by atoms with Gasteiger partial charge in [-0.2, -0.15) is 0 Å². The number of nitrogens with zero attached hydrogens (tertiary/aromatic N) is 1. The van der Waals surface area contributed by atoms with Gasteiger partial charge < -0.3 is 10.2 Å². The van der Waals surface area contributed by atoms with Gasteiger partial charge >= 0.3 is 0 Å². The Bertz CT molecular complexity index is 424. The monoisotopic (exact) mass is 288 g/mol. The zero-order chi connectivity index (χ0) is 13.4. The van der Waals surface area contributed by atoms with Crippen LogP contribution in [0.5, 0.6) is 0 Å².